The van der Waals surface area contributed by atoms with Crippen molar-refractivity contribution in [1.82, 2.24) is 10.2 Å². The van der Waals surface area contributed by atoms with Crippen molar-refractivity contribution in [3.8, 4) is 0 Å². The molecule has 7 nitrogen and oxygen atoms in total. The summed E-state index contributed by atoms with van der Waals surface area (Å²) in [5.41, 5.74) is -0.187. The number of halogens is 2. The van der Waals surface area contributed by atoms with E-state index in [1.165, 1.54) is 0 Å². The van der Waals surface area contributed by atoms with Crippen LogP contribution in [0.5, 0.6) is 0 Å². The van der Waals surface area contributed by atoms with Crippen molar-refractivity contribution in [2.75, 3.05) is 31.1 Å². The highest BCUT2D eigenvalue weighted by atomic mass is 35.5. The Hall–Kier alpha value is -1.83. The van der Waals surface area contributed by atoms with E-state index in [-0.39, 0.29) is 30.4 Å². The molecule has 1 aromatic carbocycles. The van der Waals surface area contributed by atoms with E-state index >= 15 is 0 Å². The molecular formula is C20H23Cl2N3O4. The van der Waals surface area contributed by atoms with Gasteiger partial charge in [-0.3, -0.25) is 14.4 Å². The zero-order chi connectivity index (χ0) is 20.8. The number of hydrogen-bond donors (Lipinski definition) is 2. The molecule has 2 saturated heterocycles. The predicted molar refractivity (Wildman–Crippen MR) is 109 cm³/mol. The van der Waals surface area contributed by atoms with Crippen molar-refractivity contribution in [2.24, 2.45) is 5.92 Å². The second-order valence-electron chi connectivity index (χ2n) is 8.05. The van der Waals surface area contributed by atoms with Gasteiger partial charge in [0.2, 0.25) is 5.91 Å². The third kappa shape index (κ3) is 4.09. The number of aliphatic hydroxyl groups is 1. The van der Waals surface area contributed by atoms with Gasteiger partial charge < -0.3 is 20.2 Å². The van der Waals surface area contributed by atoms with Gasteiger partial charge in [0, 0.05) is 48.3 Å². The van der Waals surface area contributed by atoms with Crippen LogP contribution in [-0.4, -0.2) is 65.4 Å². The average molecular weight is 440 g/mol. The summed E-state index contributed by atoms with van der Waals surface area (Å²) in [7, 11) is 0. The monoisotopic (exact) mass is 439 g/mol. The van der Waals surface area contributed by atoms with Gasteiger partial charge in [0.25, 0.3) is 5.91 Å². The molecule has 1 aliphatic carbocycles. The average Bonchev–Trinajstić information content (AvgIpc) is 3.47. The van der Waals surface area contributed by atoms with Crippen LogP contribution in [0.1, 0.15) is 25.7 Å². The van der Waals surface area contributed by atoms with Gasteiger partial charge in [-0.1, -0.05) is 23.2 Å². The molecule has 3 aliphatic rings. The molecule has 0 bridgehead atoms. The van der Waals surface area contributed by atoms with E-state index in [1.807, 2.05) is 12.1 Å². The van der Waals surface area contributed by atoms with Gasteiger partial charge in [0.15, 0.2) is 5.78 Å². The number of nitrogens with one attached hydrogen (secondary N) is 1. The van der Waals surface area contributed by atoms with Crippen molar-refractivity contribution in [3.63, 3.8) is 0 Å². The number of piperazine rings is 1. The summed E-state index contributed by atoms with van der Waals surface area (Å²) < 4.78 is 0. The second kappa shape index (κ2) is 7.78. The van der Waals surface area contributed by atoms with Gasteiger partial charge in [-0.15, -0.1) is 0 Å². The molecule has 2 atom stereocenters. The van der Waals surface area contributed by atoms with E-state index in [0.29, 0.717) is 36.2 Å². The lowest BCUT2D eigenvalue weighted by Gasteiger charge is -2.38. The first-order valence-electron chi connectivity index (χ1n) is 9.81. The van der Waals surface area contributed by atoms with E-state index in [1.54, 1.807) is 11.0 Å². The fourth-order valence-corrected chi connectivity index (χ4v) is 4.93. The third-order valence-electron chi connectivity index (χ3n) is 6.06. The van der Waals surface area contributed by atoms with Crippen LogP contribution in [0.15, 0.2) is 18.2 Å². The Morgan fingerprint density at radius 3 is 2.28 bits per heavy atom. The van der Waals surface area contributed by atoms with Crippen LogP contribution in [-0.2, 0) is 14.4 Å². The molecule has 2 heterocycles. The lowest BCUT2D eigenvalue weighted by Crippen LogP contribution is -2.56. The molecule has 0 spiro atoms. The zero-order valence-corrected chi connectivity index (χ0v) is 17.4. The number of ketones is 1. The minimum Gasteiger partial charge on any atom is -0.383 e. The van der Waals surface area contributed by atoms with Crippen molar-refractivity contribution >= 4 is 46.5 Å². The highest BCUT2D eigenvalue weighted by Crippen LogP contribution is 2.45. The Balaban J connectivity index is 1.38. The molecule has 1 aromatic rings. The Labute approximate surface area is 178 Å². The first-order chi connectivity index (χ1) is 13.8. The largest absolute Gasteiger partial charge is 0.383 e. The number of carbonyl (C=O) groups is 3. The quantitative estimate of drug-likeness (QED) is 0.680. The Bertz CT molecular complexity index is 832. The molecule has 156 valence electrons. The van der Waals surface area contributed by atoms with E-state index < -0.39 is 17.6 Å². The van der Waals surface area contributed by atoms with Gasteiger partial charge >= 0.3 is 0 Å². The summed E-state index contributed by atoms with van der Waals surface area (Å²) in [6.07, 6.45) is 0.121. The molecule has 4 rings (SSSR count). The Morgan fingerprint density at radius 1 is 1.14 bits per heavy atom. The Kier molecular flexibility index (Phi) is 5.48. The molecule has 3 fully saturated rings. The van der Waals surface area contributed by atoms with Crippen molar-refractivity contribution < 1.29 is 19.5 Å². The summed E-state index contributed by atoms with van der Waals surface area (Å²) in [6, 6.07) is 5.32. The first kappa shape index (κ1) is 20.4. The van der Waals surface area contributed by atoms with Crippen LogP contribution in [0.4, 0.5) is 5.69 Å². The minimum atomic E-state index is -1.31. The van der Waals surface area contributed by atoms with Gasteiger partial charge in [-0.25, -0.2) is 0 Å². The highest BCUT2D eigenvalue weighted by Gasteiger charge is 2.56. The number of Topliss-reactive ketones (excluding diaryl/α,β-unsaturated/α-hetero) is 1. The van der Waals surface area contributed by atoms with Gasteiger partial charge in [0.1, 0.15) is 11.6 Å². The normalized spacial score (nSPS) is 25.9. The minimum absolute atomic E-state index is 0.0216. The maximum Gasteiger partial charge on any atom is 0.251 e. The van der Waals surface area contributed by atoms with Crippen molar-refractivity contribution in [2.45, 2.75) is 37.3 Å². The van der Waals surface area contributed by atoms with Gasteiger partial charge in [-0.2, -0.15) is 0 Å². The van der Waals surface area contributed by atoms with Crippen LogP contribution >= 0.6 is 23.2 Å². The number of nitrogens with zero attached hydrogens (tertiary/aromatic N) is 2. The molecule has 2 aliphatic heterocycles. The number of hydrogen-bond acceptors (Lipinski definition) is 5. The van der Waals surface area contributed by atoms with Gasteiger partial charge in [0.05, 0.1) is 6.42 Å². The van der Waals surface area contributed by atoms with E-state index in [4.69, 9.17) is 23.2 Å². The number of anilines is 1. The smallest absolute Gasteiger partial charge is 0.251 e. The third-order valence-corrected chi connectivity index (χ3v) is 6.50. The van der Waals surface area contributed by atoms with Crippen LogP contribution in [0.2, 0.25) is 10.0 Å². The van der Waals surface area contributed by atoms with E-state index in [9.17, 15) is 19.5 Å². The molecule has 9 heteroatoms. The number of aliphatic hydroxyl groups excluding tert-OH is 1. The van der Waals surface area contributed by atoms with E-state index in [0.717, 1.165) is 18.5 Å². The summed E-state index contributed by atoms with van der Waals surface area (Å²) in [5, 5.41) is 14.4. The molecule has 29 heavy (non-hydrogen) atoms. The number of carbonyl (C=O) groups excluding carboxylic acids is 3. The summed E-state index contributed by atoms with van der Waals surface area (Å²) >= 11 is 12.1. The van der Waals surface area contributed by atoms with Crippen molar-refractivity contribution in [3.05, 3.63) is 28.2 Å². The van der Waals surface area contributed by atoms with Crippen LogP contribution < -0.4 is 10.2 Å². The standard InChI is InChI=1S/C20H23Cl2N3O4/c21-13-7-14(22)9-15(8-13)24-3-5-25(6-4-24)19(29)16(26)11-20(12-1-2-12)17(27)10-18(28)23-20/h7-9,12,16,26H,1-6,10-11H2,(H,23,28). The number of amides is 2. The zero-order valence-electron chi connectivity index (χ0n) is 15.9. The fraction of sp³-hybridized carbons (Fsp3) is 0.550. The maximum atomic E-state index is 12.8. The highest BCUT2D eigenvalue weighted by molar-refractivity contribution is 6.35. The van der Waals surface area contributed by atoms with Crippen molar-refractivity contribution in [1.29, 1.82) is 0 Å². The van der Waals surface area contributed by atoms with Crippen LogP contribution in [0, 0.1) is 5.92 Å². The molecule has 2 unspecified atom stereocenters. The summed E-state index contributed by atoms with van der Waals surface area (Å²) in [5.74, 6) is -0.911. The first-order valence-corrected chi connectivity index (χ1v) is 10.6. The molecule has 1 saturated carbocycles. The van der Waals surface area contributed by atoms with Crippen LogP contribution in [0.25, 0.3) is 0 Å². The SMILES string of the molecule is O=C1CC(=O)C(CC(O)C(=O)N2CCN(c3cc(Cl)cc(Cl)c3)CC2)(C2CC2)N1. The Morgan fingerprint density at radius 2 is 1.76 bits per heavy atom. The maximum absolute atomic E-state index is 12.8. The molecule has 2 N–H and O–H groups in total. The predicted octanol–water partition coefficient (Wildman–Crippen LogP) is 1.63. The molecule has 0 aromatic heterocycles. The molecule has 2 amide bonds. The summed E-state index contributed by atoms with van der Waals surface area (Å²) in [4.78, 5) is 40.7. The van der Waals surface area contributed by atoms with Crippen LogP contribution in [0.3, 0.4) is 0 Å². The lowest BCUT2D eigenvalue weighted by atomic mass is 9.84. The molecular weight excluding hydrogens is 417 g/mol. The fourth-order valence-electron chi connectivity index (χ4n) is 4.41. The second-order valence-corrected chi connectivity index (χ2v) is 8.93. The lowest BCUT2D eigenvalue weighted by molar-refractivity contribution is -0.142. The number of rotatable bonds is 5. The summed E-state index contributed by atoms with van der Waals surface area (Å²) in [6.45, 7) is 2.05. The van der Waals surface area contributed by atoms with E-state index in [2.05, 4.69) is 10.2 Å². The molecule has 0 radical (unpaired) electrons. The topological polar surface area (TPSA) is 89.9 Å². The van der Waals surface area contributed by atoms with Gasteiger partial charge in [-0.05, 0) is 37.0 Å². The number of benzene rings is 1.